The average molecular weight is 282 g/mol. The molecule has 5 heteroatoms. The standard InChI is InChI=1S/C14H20ClN3O/c1-2-16-13-9-11(12(15)10-17-13)14(19)18-7-5-3-4-6-8-18/h9-10H,2-8H2,1H3,(H,16,17). The molecule has 19 heavy (non-hydrogen) atoms. The second-order valence-corrected chi connectivity index (χ2v) is 5.19. The molecule has 0 unspecified atom stereocenters. The molecular formula is C14H20ClN3O. The molecule has 1 aliphatic heterocycles. The molecule has 1 aliphatic rings. The lowest BCUT2D eigenvalue weighted by atomic mass is 10.2. The number of rotatable bonds is 3. The van der Waals surface area contributed by atoms with Gasteiger partial charge in [0.1, 0.15) is 5.82 Å². The summed E-state index contributed by atoms with van der Waals surface area (Å²) < 4.78 is 0. The molecule has 2 heterocycles. The zero-order valence-electron chi connectivity index (χ0n) is 11.3. The number of carbonyl (C=O) groups is 1. The first-order valence-corrected chi connectivity index (χ1v) is 7.29. The van der Waals surface area contributed by atoms with Gasteiger partial charge in [0.05, 0.1) is 10.6 Å². The van der Waals surface area contributed by atoms with Crippen molar-refractivity contribution in [3.63, 3.8) is 0 Å². The number of anilines is 1. The zero-order chi connectivity index (χ0) is 13.7. The molecule has 1 N–H and O–H groups in total. The first-order chi connectivity index (χ1) is 9.22. The Kier molecular flexibility index (Phi) is 5.02. The molecule has 0 aliphatic carbocycles. The summed E-state index contributed by atoms with van der Waals surface area (Å²) in [5.41, 5.74) is 0.550. The number of aromatic nitrogens is 1. The fraction of sp³-hybridized carbons (Fsp3) is 0.571. The van der Waals surface area contributed by atoms with Crippen LogP contribution in [0.15, 0.2) is 12.3 Å². The van der Waals surface area contributed by atoms with Crippen LogP contribution in [0.3, 0.4) is 0 Å². The van der Waals surface area contributed by atoms with Crippen molar-refractivity contribution in [3.05, 3.63) is 22.8 Å². The van der Waals surface area contributed by atoms with Crippen LogP contribution in [0.1, 0.15) is 43.0 Å². The lowest BCUT2D eigenvalue weighted by Crippen LogP contribution is -2.32. The van der Waals surface area contributed by atoms with Gasteiger partial charge in [-0.2, -0.15) is 0 Å². The third-order valence-electron chi connectivity index (χ3n) is 3.34. The number of nitrogens with zero attached hydrogens (tertiary/aromatic N) is 2. The summed E-state index contributed by atoms with van der Waals surface area (Å²) in [4.78, 5) is 18.6. The molecule has 0 bridgehead atoms. The van der Waals surface area contributed by atoms with Gasteiger partial charge in [-0.1, -0.05) is 24.4 Å². The average Bonchev–Trinajstić information content (AvgIpc) is 2.69. The van der Waals surface area contributed by atoms with E-state index in [4.69, 9.17) is 11.6 Å². The minimum absolute atomic E-state index is 0.0217. The Hall–Kier alpha value is -1.29. The van der Waals surface area contributed by atoms with E-state index in [0.29, 0.717) is 16.4 Å². The topological polar surface area (TPSA) is 45.2 Å². The molecule has 104 valence electrons. The highest BCUT2D eigenvalue weighted by molar-refractivity contribution is 6.33. The van der Waals surface area contributed by atoms with E-state index in [2.05, 4.69) is 10.3 Å². The van der Waals surface area contributed by atoms with Gasteiger partial charge in [-0.05, 0) is 25.8 Å². The fourth-order valence-electron chi connectivity index (χ4n) is 2.32. The van der Waals surface area contributed by atoms with Crippen LogP contribution in [0.25, 0.3) is 0 Å². The van der Waals surface area contributed by atoms with E-state index >= 15 is 0 Å². The normalized spacial score (nSPS) is 16.0. The van der Waals surface area contributed by atoms with Gasteiger partial charge >= 0.3 is 0 Å². The van der Waals surface area contributed by atoms with Crippen LogP contribution in [0.4, 0.5) is 5.82 Å². The Morgan fingerprint density at radius 2 is 2.05 bits per heavy atom. The SMILES string of the molecule is CCNc1cc(C(=O)N2CCCCCC2)c(Cl)cn1. The second kappa shape index (κ2) is 6.75. The molecule has 0 radical (unpaired) electrons. The second-order valence-electron chi connectivity index (χ2n) is 4.79. The van der Waals surface area contributed by atoms with Crippen LogP contribution in [-0.2, 0) is 0 Å². The monoisotopic (exact) mass is 281 g/mol. The molecule has 1 saturated heterocycles. The van der Waals surface area contributed by atoms with Crippen molar-refractivity contribution in [1.82, 2.24) is 9.88 Å². The number of amides is 1. The van der Waals surface area contributed by atoms with Crippen LogP contribution in [-0.4, -0.2) is 35.4 Å². The van der Waals surface area contributed by atoms with E-state index in [1.165, 1.54) is 12.8 Å². The number of carbonyl (C=O) groups excluding carboxylic acids is 1. The summed E-state index contributed by atoms with van der Waals surface area (Å²) in [6.07, 6.45) is 6.11. The van der Waals surface area contributed by atoms with E-state index < -0.39 is 0 Å². The van der Waals surface area contributed by atoms with E-state index in [1.807, 2.05) is 11.8 Å². The molecule has 4 nitrogen and oxygen atoms in total. The highest BCUT2D eigenvalue weighted by Gasteiger charge is 2.20. The van der Waals surface area contributed by atoms with Gasteiger partial charge in [0, 0.05) is 25.8 Å². The number of hydrogen-bond acceptors (Lipinski definition) is 3. The maximum absolute atomic E-state index is 12.5. The number of halogens is 1. The van der Waals surface area contributed by atoms with Gasteiger partial charge in [-0.25, -0.2) is 4.98 Å². The molecule has 0 spiro atoms. The molecule has 0 aromatic carbocycles. The molecule has 0 saturated carbocycles. The maximum atomic E-state index is 12.5. The zero-order valence-corrected chi connectivity index (χ0v) is 12.0. The van der Waals surface area contributed by atoms with Gasteiger partial charge in [0.25, 0.3) is 5.91 Å². The predicted octanol–water partition coefficient (Wildman–Crippen LogP) is 3.18. The summed E-state index contributed by atoms with van der Waals surface area (Å²) in [6, 6.07) is 1.75. The summed E-state index contributed by atoms with van der Waals surface area (Å²) >= 11 is 6.11. The summed E-state index contributed by atoms with van der Waals surface area (Å²) in [6.45, 7) is 4.42. The van der Waals surface area contributed by atoms with Crippen molar-refractivity contribution in [2.45, 2.75) is 32.6 Å². The van der Waals surface area contributed by atoms with Crippen LogP contribution in [0.2, 0.25) is 5.02 Å². The Labute approximate surface area is 119 Å². The number of nitrogens with one attached hydrogen (secondary N) is 1. The molecule has 2 rings (SSSR count). The highest BCUT2D eigenvalue weighted by atomic mass is 35.5. The molecule has 1 amide bonds. The Bertz CT molecular complexity index is 442. The van der Waals surface area contributed by atoms with Gasteiger partial charge in [0.15, 0.2) is 0 Å². The van der Waals surface area contributed by atoms with Crippen molar-refractivity contribution in [3.8, 4) is 0 Å². The van der Waals surface area contributed by atoms with E-state index in [-0.39, 0.29) is 5.91 Å². The number of hydrogen-bond donors (Lipinski definition) is 1. The number of pyridine rings is 1. The van der Waals surface area contributed by atoms with E-state index in [0.717, 1.165) is 32.5 Å². The molecule has 1 aromatic heterocycles. The van der Waals surface area contributed by atoms with E-state index in [9.17, 15) is 4.79 Å². The third-order valence-corrected chi connectivity index (χ3v) is 3.64. The first-order valence-electron chi connectivity index (χ1n) is 6.91. The quantitative estimate of drug-likeness (QED) is 0.925. The lowest BCUT2D eigenvalue weighted by molar-refractivity contribution is 0.0762. The van der Waals surface area contributed by atoms with Crippen molar-refractivity contribution >= 4 is 23.3 Å². The summed E-state index contributed by atoms with van der Waals surface area (Å²) in [5.74, 6) is 0.721. The highest BCUT2D eigenvalue weighted by Crippen LogP contribution is 2.21. The first kappa shape index (κ1) is 14.1. The molecule has 1 fully saturated rings. The van der Waals surface area contributed by atoms with Gasteiger partial charge in [-0.15, -0.1) is 0 Å². The molecular weight excluding hydrogens is 262 g/mol. The third kappa shape index (κ3) is 3.60. The van der Waals surface area contributed by atoms with Crippen molar-refractivity contribution in [2.75, 3.05) is 25.0 Å². The smallest absolute Gasteiger partial charge is 0.255 e. The van der Waals surface area contributed by atoms with Gasteiger partial charge in [0.2, 0.25) is 0 Å². The van der Waals surface area contributed by atoms with Crippen molar-refractivity contribution in [1.29, 1.82) is 0 Å². The molecule has 0 atom stereocenters. The van der Waals surface area contributed by atoms with Gasteiger partial charge in [-0.3, -0.25) is 4.79 Å². The largest absolute Gasteiger partial charge is 0.370 e. The predicted molar refractivity (Wildman–Crippen MR) is 77.8 cm³/mol. The summed E-state index contributed by atoms with van der Waals surface area (Å²) in [7, 11) is 0. The van der Waals surface area contributed by atoms with Crippen LogP contribution >= 0.6 is 11.6 Å². The number of likely N-dealkylation sites (tertiary alicyclic amines) is 1. The fourth-order valence-corrected chi connectivity index (χ4v) is 2.51. The van der Waals surface area contributed by atoms with Gasteiger partial charge < -0.3 is 10.2 Å². The van der Waals surface area contributed by atoms with Crippen molar-refractivity contribution < 1.29 is 4.79 Å². The van der Waals surface area contributed by atoms with Crippen molar-refractivity contribution in [2.24, 2.45) is 0 Å². The Balaban J connectivity index is 2.18. The maximum Gasteiger partial charge on any atom is 0.255 e. The van der Waals surface area contributed by atoms with E-state index in [1.54, 1.807) is 12.3 Å². The summed E-state index contributed by atoms with van der Waals surface area (Å²) in [5, 5.41) is 3.53. The van der Waals surface area contributed by atoms with Crippen LogP contribution < -0.4 is 5.32 Å². The Morgan fingerprint density at radius 1 is 1.37 bits per heavy atom. The van der Waals surface area contributed by atoms with Crippen LogP contribution in [0.5, 0.6) is 0 Å². The molecule has 1 aromatic rings. The Morgan fingerprint density at radius 3 is 2.68 bits per heavy atom. The minimum atomic E-state index is 0.0217. The minimum Gasteiger partial charge on any atom is -0.370 e. The lowest BCUT2D eigenvalue weighted by Gasteiger charge is -2.21. The van der Waals surface area contributed by atoms with Crippen LogP contribution in [0, 0.1) is 0 Å².